The molecule has 0 aliphatic heterocycles. The van der Waals surface area contributed by atoms with Crippen molar-refractivity contribution >= 4 is 5.76 Å². The average molecular weight is 164 g/mol. The largest absolute Gasteiger partial charge is 0.507 e. The van der Waals surface area contributed by atoms with E-state index in [2.05, 4.69) is 0 Å². The lowest BCUT2D eigenvalue weighted by atomic mass is 10.1. The fourth-order valence-corrected chi connectivity index (χ4v) is 0.917. The van der Waals surface area contributed by atoms with Crippen molar-refractivity contribution in [2.75, 3.05) is 6.61 Å². The number of hydrogen-bond donors (Lipinski definition) is 2. The molecule has 0 saturated carbocycles. The zero-order valence-corrected chi connectivity index (χ0v) is 6.99. The second kappa shape index (κ2) is 3.93. The van der Waals surface area contributed by atoms with Gasteiger partial charge < -0.3 is 10.2 Å². The molecule has 1 aromatic carbocycles. The van der Waals surface area contributed by atoms with Crippen LogP contribution in [-0.4, -0.2) is 16.8 Å². The lowest BCUT2D eigenvalue weighted by Crippen LogP contribution is -1.91. The van der Waals surface area contributed by atoms with Gasteiger partial charge in [-0.1, -0.05) is 30.3 Å². The third kappa shape index (κ3) is 1.86. The SMILES string of the molecule is C/C(CO)=C(/O)c1ccccc1. The Balaban J connectivity index is 3.00. The molecule has 0 bridgehead atoms. The topological polar surface area (TPSA) is 40.5 Å². The molecular weight excluding hydrogens is 152 g/mol. The Bertz CT molecular complexity index is 275. The predicted octanol–water partition coefficient (Wildman–Crippen LogP) is 1.97. The number of aliphatic hydroxyl groups is 2. The van der Waals surface area contributed by atoms with E-state index in [4.69, 9.17) is 5.11 Å². The van der Waals surface area contributed by atoms with E-state index in [0.29, 0.717) is 5.57 Å². The summed E-state index contributed by atoms with van der Waals surface area (Å²) in [5.74, 6) is 0.165. The lowest BCUT2D eigenvalue weighted by molar-refractivity contribution is 0.327. The zero-order chi connectivity index (χ0) is 8.97. The van der Waals surface area contributed by atoms with Gasteiger partial charge in [-0.2, -0.15) is 0 Å². The standard InChI is InChI=1S/C10H12O2/c1-8(7-11)10(12)9-5-3-2-4-6-9/h2-6,11-12H,7H2,1H3/b10-8-. The molecule has 1 aromatic rings. The summed E-state index contributed by atoms with van der Waals surface area (Å²) in [5, 5.41) is 18.3. The summed E-state index contributed by atoms with van der Waals surface area (Å²) in [6.45, 7) is 1.59. The fourth-order valence-electron chi connectivity index (χ4n) is 0.917. The molecule has 1 rings (SSSR count). The van der Waals surface area contributed by atoms with Crippen LogP contribution >= 0.6 is 0 Å². The molecular formula is C10H12O2. The van der Waals surface area contributed by atoms with Crippen molar-refractivity contribution in [2.45, 2.75) is 6.92 Å². The van der Waals surface area contributed by atoms with Gasteiger partial charge in [0.05, 0.1) is 6.61 Å². The molecule has 0 aliphatic carbocycles. The van der Waals surface area contributed by atoms with Crippen LogP contribution in [0.5, 0.6) is 0 Å². The maximum Gasteiger partial charge on any atom is 0.124 e. The Morgan fingerprint density at radius 3 is 2.33 bits per heavy atom. The fraction of sp³-hybridized carbons (Fsp3) is 0.200. The van der Waals surface area contributed by atoms with E-state index >= 15 is 0 Å². The van der Waals surface area contributed by atoms with E-state index in [-0.39, 0.29) is 12.4 Å². The molecule has 0 aromatic heterocycles. The summed E-state index contributed by atoms with van der Waals surface area (Å²) < 4.78 is 0. The molecule has 64 valence electrons. The van der Waals surface area contributed by atoms with Crippen LogP contribution in [0, 0.1) is 0 Å². The highest BCUT2D eigenvalue weighted by Gasteiger charge is 2.00. The molecule has 0 radical (unpaired) electrons. The normalized spacial score (nSPS) is 12.5. The molecule has 0 aliphatic rings. The Morgan fingerprint density at radius 1 is 1.25 bits per heavy atom. The van der Waals surface area contributed by atoms with Crippen molar-refractivity contribution in [3.63, 3.8) is 0 Å². The average Bonchev–Trinajstić information content (AvgIpc) is 2.17. The van der Waals surface area contributed by atoms with E-state index < -0.39 is 0 Å². The van der Waals surface area contributed by atoms with Gasteiger partial charge in [0, 0.05) is 5.56 Å². The van der Waals surface area contributed by atoms with Crippen LogP contribution in [0.3, 0.4) is 0 Å². The second-order valence-corrected chi connectivity index (χ2v) is 2.65. The summed E-state index contributed by atoms with van der Waals surface area (Å²) in [6, 6.07) is 9.17. The lowest BCUT2D eigenvalue weighted by Gasteiger charge is -2.02. The second-order valence-electron chi connectivity index (χ2n) is 2.65. The van der Waals surface area contributed by atoms with Crippen molar-refractivity contribution in [2.24, 2.45) is 0 Å². The van der Waals surface area contributed by atoms with Crippen molar-refractivity contribution in [3.8, 4) is 0 Å². The van der Waals surface area contributed by atoms with Gasteiger partial charge in [0.1, 0.15) is 5.76 Å². The molecule has 2 heteroatoms. The van der Waals surface area contributed by atoms with Gasteiger partial charge in [0.25, 0.3) is 0 Å². The quantitative estimate of drug-likeness (QED) is 0.656. The summed E-state index contributed by atoms with van der Waals surface area (Å²) in [7, 11) is 0. The Hall–Kier alpha value is -1.28. The first-order valence-electron chi connectivity index (χ1n) is 3.80. The molecule has 0 saturated heterocycles. The van der Waals surface area contributed by atoms with Crippen LogP contribution in [0.15, 0.2) is 35.9 Å². The number of rotatable bonds is 2. The van der Waals surface area contributed by atoms with Gasteiger partial charge >= 0.3 is 0 Å². The molecule has 0 unspecified atom stereocenters. The zero-order valence-electron chi connectivity index (χ0n) is 6.99. The van der Waals surface area contributed by atoms with E-state index in [0.717, 1.165) is 5.56 Å². The number of hydrogen-bond acceptors (Lipinski definition) is 2. The monoisotopic (exact) mass is 164 g/mol. The number of aliphatic hydroxyl groups excluding tert-OH is 2. The maximum absolute atomic E-state index is 9.51. The first kappa shape index (κ1) is 8.81. The molecule has 2 N–H and O–H groups in total. The smallest absolute Gasteiger partial charge is 0.124 e. The predicted molar refractivity (Wildman–Crippen MR) is 48.8 cm³/mol. The van der Waals surface area contributed by atoms with Gasteiger partial charge in [-0.05, 0) is 12.5 Å². The first-order valence-corrected chi connectivity index (χ1v) is 3.80. The van der Waals surface area contributed by atoms with Gasteiger partial charge in [-0.25, -0.2) is 0 Å². The van der Waals surface area contributed by atoms with Crippen LogP contribution in [0.25, 0.3) is 5.76 Å². The van der Waals surface area contributed by atoms with Crippen molar-refractivity contribution in [3.05, 3.63) is 41.5 Å². The molecule has 0 fully saturated rings. The van der Waals surface area contributed by atoms with Gasteiger partial charge in [0.2, 0.25) is 0 Å². The summed E-state index contributed by atoms with van der Waals surface area (Å²) in [5.41, 5.74) is 1.32. The van der Waals surface area contributed by atoms with Crippen molar-refractivity contribution < 1.29 is 10.2 Å². The van der Waals surface area contributed by atoms with Crippen LogP contribution in [0.4, 0.5) is 0 Å². The van der Waals surface area contributed by atoms with Crippen LogP contribution in [-0.2, 0) is 0 Å². The highest BCUT2D eigenvalue weighted by Crippen LogP contribution is 2.14. The molecule has 0 amide bonds. The molecule has 0 heterocycles. The minimum absolute atomic E-state index is 0.110. The highest BCUT2D eigenvalue weighted by atomic mass is 16.3. The Morgan fingerprint density at radius 2 is 1.83 bits per heavy atom. The number of benzene rings is 1. The Labute approximate surface area is 71.8 Å². The highest BCUT2D eigenvalue weighted by molar-refractivity contribution is 5.61. The molecule has 0 atom stereocenters. The third-order valence-corrected chi connectivity index (χ3v) is 1.69. The maximum atomic E-state index is 9.51. The summed E-state index contributed by atoms with van der Waals surface area (Å²) >= 11 is 0. The van der Waals surface area contributed by atoms with Crippen LogP contribution < -0.4 is 0 Å². The van der Waals surface area contributed by atoms with Gasteiger partial charge in [-0.3, -0.25) is 0 Å². The van der Waals surface area contributed by atoms with Crippen molar-refractivity contribution in [1.29, 1.82) is 0 Å². The molecule has 2 nitrogen and oxygen atoms in total. The van der Waals surface area contributed by atoms with Gasteiger partial charge in [-0.15, -0.1) is 0 Å². The van der Waals surface area contributed by atoms with E-state index in [1.165, 1.54) is 0 Å². The summed E-state index contributed by atoms with van der Waals surface area (Å²) in [6.07, 6.45) is 0. The third-order valence-electron chi connectivity index (χ3n) is 1.69. The first-order chi connectivity index (χ1) is 5.75. The van der Waals surface area contributed by atoms with Gasteiger partial charge in [0.15, 0.2) is 0 Å². The van der Waals surface area contributed by atoms with E-state index in [1.807, 2.05) is 18.2 Å². The summed E-state index contributed by atoms with van der Waals surface area (Å²) in [4.78, 5) is 0. The minimum Gasteiger partial charge on any atom is -0.507 e. The van der Waals surface area contributed by atoms with E-state index in [1.54, 1.807) is 19.1 Å². The Kier molecular flexibility index (Phi) is 2.88. The molecule has 0 spiro atoms. The van der Waals surface area contributed by atoms with Crippen molar-refractivity contribution in [1.82, 2.24) is 0 Å². The van der Waals surface area contributed by atoms with E-state index in [9.17, 15) is 5.11 Å². The molecule has 12 heavy (non-hydrogen) atoms. The van der Waals surface area contributed by atoms with Crippen LogP contribution in [0.1, 0.15) is 12.5 Å². The minimum atomic E-state index is -0.110. The van der Waals surface area contributed by atoms with Crippen LogP contribution in [0.2, 0.25) is 0 Å².